The Hall–Kier alpha value is -1.72. The lowest BCUT2D eigenvalue weighted by Gasteiger charge is -2.09. The first-order valence-corrected chi connectivity index (χ1v) is 7.88. The summed E-state index contributed by atoms with van der Waals surface area (Å²) in [7, 11) is 0. The maximum absolute atomic E-state index is 5.38. The van der Waals surface area contributed by atoms with Crippen LogP contribution in [-0.2, 0) is 6.54 Å². The topological polar surface area (TPSA) is 42.5 Å². The molecule has 0 radical (unpaired) electrons. The Balaban J connectivity index is 1.99. The highest BCUT2D eigenvalue weighted by Gasteiger charge is 2.15. The standard InChI is InChI=1S/C16H19N3OS/c1-11(2)17-10-13-16(21-14-7-9-20-12(14)3)18-15-6-4-5-8-19(13)15/h4-9,11,17H,10H2,1-3H3. The van der Waals surface area contributed by atoms with E-state index in [0.29, 0.717) is 6.04 Å². The van der Waals surface area contributed by atoms with Crippen LogP contribution in [0.4, 0.5) is 0 Å². The molecule has 4 nitrogen and oxygen atoms in total. The average Bonchev–Trinajstić information content (AvgIpc) is 3.01. The van der Waals surface area contributed by atoms with Crippen LogP contribution < -0.4 is 5.32 Å². The molecule has 3 rings (SSSR count). The molecule has 0 unspecified atom stereocenters. The van der Waals surface area contributed by atoms with E-state index in [2.05, 4.69) is 29.8 Å². The Morgan fingerprint density at radius 3 is 2.90 bits per heavy atom. The molecule has 0 saturated carbocycles. The minimum atomic E-state index is 0.438. The van der Waals surface area contributed by atoms with Gasteiger partial charge in [0.15, 0.2) is 0 Å². The molecule has 0 aliphatic rings. The van der Waals surface area contributed by atoms with Crippen molar-refractivity contribution in [3.05, 3.63) is 48.2 Å². The van der Waals surface area contributed by atoms with Crippen molar-refractivity contribution in [2.24, 2.45) is 0 Å². The molecule has 0 aliphatic heterocycles. The molecule has 3 heterocycles. The van der Waals surface area contributed by atoms with Crippen molar-refractivity contribution < 1.29 is 4.42 Å². The van der Waals surface area contributed by atoms with Gasteiger partial charge in [-0.1, -0.05) is 31.7 Å². The third-order valence-electron chi connectivity index (χ3n) is 3.29. The highest BCUT2D eigenvalue weighted by molar-refractivity contribution is 7.99. The number of aryl methyl sites for hydroxylation is 1. The summed E-state index contributed by atoms with van der Waals surface area (Å²) in [6, 6.07) is 8.51. The first-order valence-electron chi connectivity index (χ1n) is 7.06. The van der Waals surface area contributed by atoms with E-state index in [1.807, 2.05) is 31.2 Å². The number of fused-ring (bicyclic) bond motifs is 1. The van der Waals surface area contributed by atoms with E-state index >= 15 is 0 Å². The zero-order valence-electron chi connectivity index (χ0n) is 12.5. The van der Waals surface area contributed by atoms with Crippen molar-refractivity contribution in [2.75, 3.05) is 0 Å². The number of nitrogens with one attached hydrogen (secondary N) is 1. The molecule has 0 aromatic carbocycles. The molecule has 0 amide bonds. The van der Waals surface area contributed by atoms with Gasteiger partial charge in [0.2, 0.25) is 0 Å². The molecule has 5 heteroatoms. The largest absolute Gasteiger partial charge is 0.468 e. The zero-order chi connectivity index (χ0) is 14.8. The number of aromatic nitrogens is 2. The lowest BCUT2D eigenvalue weighted by molar-refractivity contribution is 0.527. The van der Waals surface area contributed by atoms with Crippen molar-refractivity contribution >= 4 is 17.4 Å². The van der Waals surface area contributed by atoms with E-state index in [-0.39, 0.29) is 0 Å². The van der Waals surface area contributed by atoms with Crippen LogP contribution in [0, 0.1) is 6.92 Å². The van der Waals surface area contributed by atoms with Crippen LogP contribution in [0.5, 0.6) is 0 Å². The summed E-state index contributed by atoms with van der Waals surface area (Å²) in [5.41, 5.74) is 2.16. The molecule has 110 valence electrons. The molecule has 0 spiro atoms. The lowest BCUT2D eigenvalue weighted by atomic mass is 10.3. The van der Waals surface area contributed by atoms with Crippen molar-refractivity contribution in [1.29, 1.82) is 0 Å². The number of imidazole rings is 1. The van der Waals surface area contributed by atoms with Crippen LogP contribution >= 0.6 is 11.8 Å². The summed E-state index contributed by atoms with van der Waals surface area (Å²) in [5, 5.41) is 4.50. The SMILES string of the molecule is Cc1occc1Sc1nc2ccccn2c1CNC(C)C. The predicted molar refractivity (Wildman–Crippen MR) is 84.7 cm³/mol. The Bertz CT molecular complexity index is 745. The van der Waals surface area contributed by atoms with Crippen LogP contribution in [0.2, 0.25) is 0 Å². The lowest BCUT2D eigenvalue weighted by Crippen LogP contribution is -2.23. The third-order valence-corrected chi connectivity index (χ3v) is 4.45. The summed E-state index contributed by atoms with van der Waals surface area (Å²) < 4.78 is 7.52. The second-order valence-corrected chi connectivity index (χ2v) is 6.30. The Labute approximate surface area is 128 Å². The molecule has 0 saturated heterocycles. The fourth-order valence-electron chi connectivity index (χ4n) is 2.15. The number of nitrogens with zero attached hydrogens (tertiary/aromatic N) is 2. The van der Waals surface area contributed by atoms with Gasteiger partial charge < -0.3 is 14.1 Å². The third kappa shape index (κ3) is 2.99. The highest BCUT2D eigenvalue weighted by Crippen LogP contribution is 2.33. The summed E-state index contributed by atoms with van der Waals surface area (Å²) in [6.07, 6.45) is 3.78. The van der Waals surface area contributed by atoms with E-state index in [4.69, 9.17) is 9.40 Å². The molecule has 0 bridgehead atoms. The van der Waals surface area contributed by atoms with Crippen molar-refractivity contribution in [1.82, 2.24) is 14.7 Å². The van der Waals surface area contributed by atoms with Gasteiger partial charge in [0.05, 0.1) is 16.9 Å². The average molecular weight is 301 g/mol. The van der Waals surface area contributed by atoms with Crippen molar-refractivity contribution in [3.63, 3.8) is 0 Å². The molecule has 21 heavy (non-hydrogen) atoms. The van der Waals surface area contributed by atoms with E-state index in [1.165, 1.54) is 5.69 Å². The van der Waals surface area contributed by atoms with Crippen LogP contribution in [-0.4, -0.2) is 15.4 Å². The van der Waals surface area contributed by atoms with Crippen molar-refractivity contribution in [2.45, 2.75) is 43.3 Å². The molecule has 3 aromatic rings. The Morgan fingerprint density at radius 1 is 1.33 bits per heavy atom. The van der Waals surface area contributed by atoms with E-state index in [0.717, 1.165) is 27.9 Å². The van der Waals surface area contributed by atoms with E-state index in [1.54, 1.807) is 18.0 Å². The van der Waals surface area contributed by atoms with Gasteiger partial charge in [-0.2, -0.15) is 0 Å². The van der Waals surface area contributed by atoms with Gasteiger partial charge in [0.25, 0.3) is 0 Å². The maximum atomic E-state index is 5.38. The quantitative estimate of drug-likeness (QED) is 0.776. The molecule has 0 aliphatic carbocycles. The fraction of sp³-hybridized carbons (Fsp3) is 0.312. The van der Waals surface area contributed by atoms with Gasteiger partial charge in [0, 0.05) is 18.8 Å². The number of pyridine rings is 1. The molecular weight excluding hydrogens is 282 g/mol. The van der Waals surface area contributed by atoms with Crippen LogP contribution in [0.3, 0.4) is 0 Å². The summed E-state index contributed by atoms with van der Waals surface area (Å²) >= 11 is 1.66. The van der Waals surface area contributed by atoms with Crippen molar-refractivity contribution in [3.8, 4) is 0 Å². The second-order valence-electron chi connectivity index (χ2n) is 5.27. The van der Waals surface area contributed by atoms with Gasteiger partial charge in [-0.05, 0) is 25.1 Å². The van der Waals surface area contributed by atoms with Crippen LogP contribution in [0.15, 0.2) is 51.1 Å². The highest BCUT2D eigenvalue weighted by atomic mass is 32.2. The first kappa shape index (κ1) is 14.2. The smallest absolute Gasteiger partial charge is 0.138 e. The zero-order valence-corrected chi connectivity index (χ0v) is 13.3. The molecular formula is C16H19N3OS. The number of hydrogen-bond acceptors (Lipinski definition) is 4. The minimum absolute atomic E-state index is 0.438. The van der Waals surface area contributed by atoms with Gasteiger partial charge in [-0.3, -0.25) is 0 Å². The van der Waals surface area contributed by atoms with Gasteiger partial charge >= 0.3 is 0 Å². The number of hydrogen-bond donors (Lipinski definition) is 1. The molecule has 0 atom stereocenters. The maximum Gasteiger partial charge on any atom is 0.138 e. The summed E-state index contributed by atoms with van der Waals surface area (Å²) in [6.45, 7) is 7.07. The number of rotatable bonds is 5. The fourth-order valence-corrected chi connectivity index (χ4v) is 3.10. The van der Waals surface area contributed by atoms with E-state index in [9.17, 15) is 0 Å². The van der Waals surface area contributed by atoms with Gasteiger partial charge in [-0.15, -0.1) is 0 Å². The summed E-state index contributed by atoms with van der Waals surface area (Å²) in [5.74, 6) is 0.930. The molecule has 1 N–H and O–H groups in total. The Morgan fingerprint density at radius 2 is 2.19 bits per heavy atom. The van der Waals surface area contributed by atoms with E-state index < -0.39 is 0 Å². The molecule has 0 fully saturated rings. The van der Waals surface area contributed by atoms with Gasteiger partial charge in [-0.25, -0.2) is 4.98 Å². The normalized spacial score (nSPS) is 11.6. The Kier molecular flexibility index (Phi) is 4.03. The predicted octanol–water partition coefficient (Wildman–Crippen LogP) is 3.88. The minimum Gasteiger partial charge on any atom is -0.468 e. The monoisotopic (exact) mass is 301 g/mol. The first-order chi connectivity index (χ1) is 10.1. The summed E-state index contributed by atoms with van der Waals surface area (Å²) in [4.78, 5) is 5.87. The van der Waals surface area contributed by atoms with Gasteiger partial charge in [0.1, 0.15) is 16.4 Å². The van der Waals surface area contributed by atoms with Crippen LogP contribution in [0.25, 0.3) is 5.65 Å². The molecule has 3 aromatic heterocycles. The van der Waals surface area contributed by atoms with Crippen LogP contribution in [0.1, 0.15) is 25.3 Å². The number of furan rings is 1. The second kappa shape index (κ2) is 5.95.